The van der Waals surface area contributed by atoms with Crippen LogP contribution in [0.25, 0.3) is 10.8 Å². The molecule has 0 aliphatic carbocycles. The van der Waals surface area contributed by atoms with Crippen molar-refractivity contribution < 1.29 is 19.2 Å². The molecule has 3 aromatic rings. The van der Waals surface area contributed by atoms with E-state index >= 15 is 0 Å². The minimum absolute atomic E-state index is 0.0118. The van der Waals surface area contributed by atoms with Crippen LogP contribution >= 0.6 is 11.3 Å². The molecule has 11 nitrogen and oxygen atoms in total. The van der Waals surface area contributed by atoms with Crippen molar-refractivity contribution in [3.8, 4) is 0 Å². The summed E-state index contributed by atoms with van der Waals surface area (Å²) in [7, 11) is 1.59. The Balaban J connectivity index is 1.33. The SMILES string of the molecule is CN1CC(=O)N(CC(=O)N[C@@H](CC2CCCN(C(=N)N)C2)C(=O)c2nccs2)[C@@H](Cc2ccc3ccccc3c2)C1=O. The summed E-state index contributed by atoms with van der Waals surface area (Å²) in [5, 5.41) is 14.7. The van der Waals surface area contributed by atoms with Crippen LogP contribution in [0.4, 0.5) is 0 Å². The van der Waals surface area contributed by atoms with Gasteiger partial charge >= 0.3 is 0 Å². The van der Waals surface area contributed by atoms with Gasteiger partial charge in [0.15, 0.2) is 11.0 Å². The smallest absolute Gasteiger partial charge is 0.245 e. The number of piperidine rings is 1. The zero-order chi connectivity index (χ0) is 29.8. The van der Waals surface area contributed by atoms with Crippen LogP contribution in [0.2, 0.25) is 0 Å². The fourth-order valence-electron chi connectivity index (χ4n) is 5.85. The van der Waals surface area contributed by atoms with Crippen LogP contribution in [0.5, 0.6) is 0 Å². The highest BCUT2D eigenvalue weighted by Crippen LogP contribution is 2.24. The molecule has 5 rings (SSSR count). The van der Waals surface area contributed by atoms with E-state index in [4.69, 9.17) is 11.1 Å². The van der Waals surface area contributed by atoms with Gasteiger partial charge in [0, 0.05) is 38.1 Å². The molecule has 2 aromatic carbocycles. The first-order valence-electron chi connectivity index (χ1n) is 14.0. The van der Waals surface area contributed by atoms with Crippen LogP contribution in [0, 0.1) is 11.3 Å². The van der Waals surface area contributed by atoms with Gasteiger partial charge in [-0.25, -0.2) is 4.98 Å². The van der Waals surface area contributed by atoms with E-state index in [1.807, 2.05) is 42.5 Å². The average molecular weight is 590 g/mol. The molecule has 4 N–H and O–H groups in total. The quantitative estimate of drug-likeness (QED) is 0.196. The molecule has 2 aliphatic rings. The maximum absolute atomic E-state index is 13.5. The number of nitrogens with one attached hydrogen (secondary N) is 2. The third-order valence-electron chi connectivity index (χ3n) is 8.01. The van der Waals surface area contributed by atoms with Crippen LogP contribution in [-0.2, 0) is 20.8 Å². The topological polar surface area (TPSA) is 153 Å². The number of amides is 3. The van der Waals surface area contributed by atoms with E-state index < -0.39 is 18.0 Å². The van der Waals surface area contributed by atoms with Crippen LogP contribution < -0.4 is 11.1 Å². The zero-order valence-electron chi connectivity index (χ0n) is 23.5. The van der Waals surface area contributed by atoms with Crippen molar-refractivity contribution in [3.63, 3.8) is 0 Å². The van der Waals surface area contributed by atoms with E-state index in [9.17, 15) is 19.2 Å². The van der Waals surface area contributed by atoms with Crippen molar-refractivity contribution in [2.75, 3.05) is 33.2 Å². The first-order valence-corrected chi connectivity index (χ1v) is 14.9. The second-order valence-electron chi connectivity index (χ2n) is 11.0. The van der Waals surface area contributed by atoms with Crippen molar-refractivity contribution in [1.29, 1.82) is 5.41 Å². The largest absolute Gasteiger partial charge is 0.370 e. The number of piperazine rings is 1. The van der Waals surface area contributed by atoms with Gasteiger partial charge in [-0.3, -0.25) is 24.6 Å². The summed E-state index contributed by atoms with van der Waals surface area (Å²) in [5.74, 6) is -1.36. The highest BCUT2D eigenvalue weighted by Gasteiger charge is 2.39. The normalized spacial score (nSPS) is 20.1. The highest BCUT2D eigenvalue weighted by atomic mass is 32.1. The number of benzene rings is 2. The number of hydrogen-bond acceptors (Lipinski definition) is 7. The Morgan fingerprint density at radius 2 is 1.98 bits per heavy atom. The first kappa shape index (κ1) is 29.2. The Bertz CT molecular complexity index is 1490. The summed E-state index contributed by atoms with van der Waals surface area (Å²) >= 11 is 1.20. The van der Waals surface area contributed by atoms with Gasteiger partial charge in [-0.1, -0.05) is 42.5 Å². The van der Waals surface area contributed by atoms with E-state index in [0.717, 1.165) is 29.2 Å². The molecule has 3 heterocycles. The Morgan fingerprint density at radius 3 is 2.71 bits per heavy atom. The van der Waals surface area contributed by atoms with E-state index in [0.29, 0.717) is 24.5 Å². The number of nitrogens with zero attached hydrogens (tertiary/aromatic N) is 4. The number of carbonyl (C=O) groups is 4. The molecule has 3 atom stereocenters. The molecule has 2 saturated heterocycles. The maximum Gasteiger partial charge on any atom is 0.245 e. The molecule has 12 heteroatoms. The minimum Gasteiger partial charge on any atom is -0.370 e. The lowest BCUT2D eigenvalue weighted by molar-refractivity contribution is -0.155. The Labute approximate surface area is 248 Å². The van der Waals surface area contributed by atoms with Gasteiger partial charge in [-0.2, -0.15) is 0 Å². The van der Waals surface area contributed by atoms with Crippen molar-refractivity contribution in [2.24, 2.45) is 11.7 Å². The standard InChI is InChI=1S/C30H35N7O4S/c1-35-18-26(39)37(24(29(35)41)15-19-8-9-21-6-2-3-7-22(21)13-19)17-25(38)34-23(27(40)28-33-10-12-42-28)14-20-5-4-11-36(16-20)30(31)32/h2-3,6-10,12-13,20,23-24H,4-5,11,14-18H2,1H3,(H3,31,32)(H,34,38)/t20?,23-,24-/m0/s1. The number of nitrogens with two attached hydrogens (primary N) is 1. The number of fused-ring (bicyclic) bond motifs is 1. The van der Waals surface area contributed by atoms with Crippen molar-refractivity contribution >= 4 is 51.6 Å². The van der Waals surface area contributed by atoms with E-state index in [-0.39, 0.29) is 49.0 Å². The van der Waals surface area contributed by atoms with Crippen LogP contribution in [0.15, 0.2) is 54.0 Å². The highest BCUT2D eigenvalue weighted by molar-refractivity contribution is 7.11. The number of ketones is 1. The Kier molecular flexibility index (Phi) is 8.81. The third-order valence-corrected chi connectivity index (χ3v) is 8.80. The molecule has 1 unspecified atom stereocenters. The van der Waals surface area contributed by atoms with Gasteiger partial charge in [0.1, 0.15) is 12.6 Å². The molecule has 0 radical (unpaired) electrons. The molecule has 1 aromatic heterocycles. The van der Waals surface area contributed by atoms with Gasteiger partial charge in [0.2, 0.25) is 23.5 Å². The maximum atomic E-state index is 13.5. The summed E-state index contributed by atoms with van der Waals surface area (Å²) in [5.41, 5.74) is 6.59. The van der Waals surface area contributed by atoms with Gasteiger partial charge in [-0.05, 0) is 41.5 Å². The number of rotatable bonds is 9. The summed E-state index contributed by atoms with van der Waals surface area (Å²) in [4.78, 5) is 61.9. The molecular formula is C30H35N7O4S. The fourth-order valence-corrected chi connectivity index (χ4v) is 6.48. The second kappa shape index (κ2) is 12.7. The number of hydrogen-bond donors (Lipinski definition) is 3. The third kappa shape index (κ3) is 6.59. The van der Waals surface area contributed by atoms with E-state index in [1.54, 1.807) is 23.5 Å². The molecule has 0 spiro atoms. The van der Waals surface area contributed by atoms with Gasteiger partial charge in [0.25, 0.3) is 0 Å². The van der Waals surface area contributed by atoms with Gasteiger partial charge < -0.3 is 25.8 Å². The number of aromatic nitrogens is 1. The predicted octanol–water partition coefficient (Wildman–Crippen LogP) is 1.87. The van der Waals surface area contributed by atoms with Crippen LogP contribution in [-0.4, -0.2) is 94.5 Å². The minimum atomic E-state index is -0.863. The first-order chi connectivity index (χ1) is 20.2. The number of thiazole rings is 1. The number of guanidine groups is 1. The van der Waals surface area contributed by atoms with Crippen LogP contribution in [0.1, 0.15) is 34.6 Å². The average Bonchev–Trinajstić information content (AvgIpc) is 3.52. The number of likely N-dealkylation sites (N-methyl/N-ethyl adjacent to an activating group) is 1. The zero-order valence-corrected chi connectivity index (χ0v) is 24.3. The summed E-state index contributed by atoms with van der Waals surface area (Å²) < 4.78 is 0. The molecular weight excluding hydrogens is 554 g/mol. The molecule has 2 fully saturated rings. The molecule has 220 valence electrons. The summed E-state index contributed by atoms with van der Waals surface area (Å²) in [6.07, 6.45) is 3.81. The summed E-state index contributed by atoms with van der Waals surface area (Å²) in [6.45, 7) is 0.737. The van der Waals surface area contributed by atoms with Crippen molar-refractivity contribution in [1.82, 2.24) is 25.0 Å². The molecule has 2 aliphatic heterocycles. The molecule has 0 bridgehead atoms. The van der Waals surface area contributed by atoms with Crippen LogP contribution in [0.3, 0.4) is 0 Å². The van der Waals surface area contributed by atoms with Crippen molar-refractivity contribution in [2.45, 2.75) is 37.8 Å². The molecule has 3 amide bonds. The molecule has 0 saturated carbocycles. The number of carbonyl (C=O) groups excluding carboxylic acids is 4. The lowest BCUT2D eigenvalue weighted by Crippen LogP contribution is -2.61. The fraction of sp³-hybridized carbons (Fsp3) is 0.400. The van der Waals surface area contributed by atoms with Gasteiger partial charge in [-0.15, -0.1) is 11.3 Å². The van der Waals surface area contributed by atoms with Crippen molar-refractivity contribution in [3.05, 3.63) is 64.6 Å². The predicted molar refractivity (Wildman–Crippen MR) is 160 cm³/mol. The Hall–Kier alpha value is -4.32. The lowest BCUT2D eigenvalue weighted by atomic mass is 9.90. The lowest BCUT2D eigenvalue weighted by Gasteiger charge is -2.39. The van der Waals surface area contributed by atoms with Gasteiger partial charge in [0.05, 0.1) is 12.6 Å². The molecule has 42 heavy (non-hydrogen) atoms. The number of likely N-dealkylation sites (tertiary alicyclic amines) is 1. The monoisotopic (exact) mass is 589 g/mol. The van der Waals surface area contributed by atoms with E-state index in [2.05, 4.69) is 10.3 Å². The Morgan fingerprint density at radius 1 is 1.19 bits per heavy atom. The summed E-state index contributed by atoms with van der Waals surface area (Å²) in [6, 6.07) is 12.1. The number of Topliss-reactive ketones (excluding diaryl/α,β-unsaturated/α-hetero) is 1. The second-order valence-corrected chi connectivity index (χ2v) is 11.9. The van der Waals surface area contributed by atoms with E-state index in [1.165, 1.54) is 21.1 Å².